The molecule has 0 atom stereocenters. The van der Waals surface area contributed by atoms with Gasteiger partial charge in [-0.1, -0.05) is 46.6 Å². The van der Waals surface area contributed by atoms with Gasteiger partial charge in [-0.2, -0.15) is 0 Å². The van der Waals surface area contributed by atoms with Crippen molar-refractivity contribution in [2.45, 2.75) is 20.5 Å². The first-order valence-corrected chi connectivity index (χ1v) is 8.39. The van der Waals surface area contributed by atoms with Crippen molar-refractivity contribution in [3.8, 4) is 11.5 Å². The summed E-state index contributed by atoms with van der Waals surface area (Å²) < 4.78 is 11.3. The second-order valence-electron chi connectivity index (χ2n) is 5.92. The highest BCUT2D eigenvalue weighted by molar-refractivity contribution is 6.32. The molecule has 0 saturated carbocycles. The summed E-state index contributed by atoms with van der Waals surface area (Å²) >= 11 is 6.38. The van der Waals surface area contributed by atoms with Gasteiger partial charge in [-0.3, -0.25) is 0 Å². The zero-order valence-electron chi connectivity index (χ0n) is 14.7. The Bertz CT molecular complexity index is 901. The van der Waals surface area contributed by atoms with Crippen molar-refractivity contribution in [1.82, 2.24) is 0 Å². The molecule has 2 aromatic rings. The second-order valence-corrected chi connectivity index (χ2v) is 6.33. The highest BCUT2D eigenvalue weighted by Crippen LogP contribution is 2.37. The van der Waals surface area contributed by atoms with Crippen LogP contribution in [0, 0.1) is 6.92 Å². The Morgan fingerprint density at radius 3 is 2.54 bits per heavy atom. The molecule has 1 aliphatic heterocycles. The van der Waals surface area contributed by atoms with Gasteiger partial charge in [-0.05, 0) is 43.2 Å². The number of carbonyl (C=O) groups excluding carboxylic acids is 1. The molecule has 0 saturated heterocycles. The maximum atomic E-state index is 11.7. The van der Waals surface area contributed by atoms with Crippen LogP contribution in [0.25, 0.3) is 6.08 Å². The Morgan fingerprint density at radius 2 is 1.92 bits per heavy atom. The van der Waals surface area contributed by atoms with Crippen molar-refractivity contribution in [1.29, 1.82) is 0 Å². The zero-order chi connectivity index (χ0) is 18.7. The molecule has 0 radical (unpaired) electrons. The number of aryl methyl sites for hydroxylation is 1. The smallest absolute Gasteiger partial charge is 0.367 e. The van der Waals surface area contributed by atoms with Crippen molar-refractivity contribution in [3.05, 3.63) is 63.7 Å². The maximum Gasteiger partial charge on any atom is 0.367 e. The lowest BCUT2D eigenvalue weighted by Gasteiger charge is -2.13. The first-order chi connectivity index (χ1) is 12.5. The Hall–Kier alpha value is -2.79. The van der Waals surface area contributed by atoms with Crippen LogP contribution in [0.5, 0.6) is 11.5 Å². The van der Waals surface area contributed by atoms with Gasteiger partial charge in [0.15, 0.2) is 11.5 Å². The van der Waals surface area contributed by atoms with E-state index in [0.29, 0.717) is 40.0 Å². The molecule has 0 N–H and O–H groups in total. The molecule has 0 aromatic heterocycles. The molecule has 6 heteroatoms. The largest absolute Gasteiger partial charge is 0.493 e. The number of oxime groups is 1. The number of nitrogens with zero attached hydrogens (tertiary/aromatic N) is 1. The van der Waals surface area contributed by atoms with Crippen LogP contribution < -0.4 is 9.47 Å². The summed E-state index contributed by atoms with van der Waals surface area (Å²) in [7, 11) is 1.54. The molecule has 0 amide bonds. The van der Waals surface area contributed by atoms with Crippen molar-refractivity contribution in [3.63, 3.8) is 0 Å². The number of halogens is 1. The average molecular weight is 372 g/mol. The van der Waals surface area contributed by atoms with Gasteiger partial charge in [0.2, 0.25) is 0 Å². The highest BCUT2D eigenvalue weighted by Gasteiger charge is 2.22. The van der Waals surface area contributed by atoms with E-state index in [1.165, 1.54) is 12.7 Å². The number of rotatable bonds is 5. The molecule has 26 heavy (non-hydrogen) atoms. The summed E-state index contributed by atoms with van der Waals surface area (Å²) in [5.74, 6) is 0.450. The quantitative estimate of drug-likeness (QED) is 0.571. The van der Waals surface area contributed by atoms with Gasteiger partial charge < -0.3 is 14.3 Å². The number of carbonyl (C=O) groups is 1. The first-order valence-electron chi connectivity index (χ1n) is 8.02. The molecule has 0 bridgehead atoms. The Morgan fingerprint density at radius 1 is 1.19 bits per heavy atom. The number of benzene rings is 2. The molecule has 1 aliphatic rings. The normalized spacial score (nSPS) is 15.0. The van der Waals surface area contributed by atoms with Crippen LogP contribution in [-0.2, 0) is 16.2 Å². The minimum Gasteiger partial charge on any atom is -0.493 e. The third kappa shape index (κ3) is 3.89. The van der Waals surface area contributed by atoms with E-state index in [1.54, 1.807) is 25.1 Å². The van der Waals surface area contributed by atoms with E-state index < -0.39 is 5.97 Å². The molecule has 2 aromatic carbocycles. The van der Waals surface area contributed by atoms with Gasteiger partial charge in [0.05, 0.1) is 23.4 Å². The Kier molecular flexibility index (Phi) is 5.28. The fourth-order valence-corrected chi connectivity index (χ4v) is 2.76. The van der Waals surface area contributed by atoms with Crippen LogP contribution in [0.15, 0.2) is 47.1 Å². The minimum absolute atomic E-state index is 0.370. The third-order valence-corrected chi connectivity index (χ3v) is 4.22. The maximum absolute atomic E-state index is 11.7. The summed E-state index contributed by atoms with van der Waals surface area (Å²) in [5, 5.41) is 4.05. The van der Waals surface area contributed by atoms with Crippen molar-refractivity contribution in [2.75, 3.05) is 7.11 Å². The van der Waals surface area contributed by atoms with Crippen LogP contribution in [0.2, 0.25) is 5.02 Å². The third-order valence-electron chi connectivity index (χ3n) is 3.94. The molecule has 1 heterocycles. The van der Waals surface area contributed by atoms with Crippen molar-refractivity contribution < 1.29 is 19.1 Å². The van der Waals surface area contributed by atoms with E-state index in [9.17, 15) is 4.79 Å². The van der Waals surface area contributed by atoms with Crippen LogP contribution in [0.1, 0.15) is 23.6 Å². The summed E-state index contributed by atoms with van der Waals surface area (Å²) in [5.41, 5.74) is 3.81. The van der Waals surface area contributed by atoms with Gasteiger partial charge in [0.1, 0.15) is 6.61 Å². The van der Waals surface area contributed by atoms with Crippen LogP contribution in [-0.4, -0.2) is 18.8 Å². The molecule has 0 unspecified atom stereocenters. The first kappa shape index (κ1) is 18.0. The van der Waals surface area contributed by atoms with Crippen LogP contribution in [0.3, 0.4) is 0 Å². The summed E-state index contributed by atoms with van der Waals surface area (Å²) in [4.78, 5) is 16.3. The Balaban J connectivity index is 1.85. The topological polar surface area (TPSA) is 57.1 Å². The lowest BCUT2D eigenvalue weighted by atomic mass is 10.1. The van der Waals surface area contributed by atoms with Crippen molar-refractivity contribution >= 4 is 29.4 Å². The fourth-order valence-electron chi connectivity index (χ4n) is 2.49. The summed E-state index contributed by atoms with van der Waals surface area (Å²) in [6, 6.07) is 11.5. The molecular weight excluding hydrogens is 354 g/mol. The minimum atomic E-state index is -0.489. The zero-order valence-corrected chi connectivity index (χ0v) is 15.5. The summed E-state index contributed by atoms with van der Waals surface area (Å²) in [6.07, 6.45) is 1.66. The lowest BCUT2D eigenvalue weighted by Crippen LogP contribution is -2.02. The number of hydrogen-bond acceptors (Lipinski definition) is 5. The molecule has 134 valence electrons. The number of methoxy groups -OCH3 is 1. The predicted molar refractivity (Wildman–Crippen MR) is 101 cm³/mol. The van der Waals surface area contributed by atoms with E-state index in [-0.39, 0.29) is 0 Å². The van der Waals surface area contributed by atoms with Gasteiger partial charge in [-0.25, -0.2) is 4.79 Å². The van der Waals surface area contributed by atoms with Crippen LogP contribution >= 0.6 is 11.6 Å². The van der Waals surface area contributed by atoms with Gasteiger partial charge in [0.25, 0.3) is 0 Å². The Labute approximate surface area is 156 Å². The van der Waals surface area contributed by atoms with Crippen LogP contribution in [0.4, 0.5) is 0 Å². The molecule has 0 spiro atoms. The molecule has 5 nitrogen and oxygen atoms in total. The summed E-state index contributed by atoms with van der Waals surface area (Å²) in [6.45, 7) is 4.10. The monoisotopic (exact) mass is 371 g/mol. The van der Waals surface area contributed by atoms with E-state index in [0.717, 1.165) is 5.56 Å². The van der Waals surface area contributed by atoms with Gasteiger partial charge in [0, 0.05) is 0 Å². The molecule has 3 rings (SSSR count). The van der Waals surface area contributed by atoms with E-state index in [1.807, 2.05) is 31.2 Å². The number of ether oxygens (including phenoxy) is 2. The van der Waals surface area contributed by atoms with Gasteiger partial charge >= 0.3 is 5.97 Å². The van der Waals surface area contributed by atoms with Gasteiger partial charge in [-0.15, -0.1) is 0 Å². The molecular formula is C20H18ClNO4. The molecule has 0 aliphatic carbocycles. The number of hydrogen-bond donors (Lipinski definition) is 0. The van der Waals surface area contributed by atoms with E-state index in [4.69, 9.17) is 21.1 Å². The standard InChI is InChI=1S/C20H18ClNO4/c1-12-4-6-14(7-5-12)11-25-19-17(21)9-15(10-18(19)24-3)8-16-13(2)22-26-20(16)23/h4-10H,11H2,1-3H3/b16-8+. The van der Waals surface area contributed by atoms with Crippen molar-refractivity contribution in [2.24, 2.45) is 5.16 Å². The molecule has 0 fully saturated rings. The fraction of sp³-hybridized carbons (Fsp3) is 0.200. The second kappa shape index (κ2) is 7.62. The predicted octanol–water partition coefficient (Wildman–Crippen LogP) is 4.55. The SMILES string of the molecule is COc1cc(/C=C2/C(=O)ON=C2C)cc(Cl)c1OCc1ccc(C)cc1. The van der Waals surface area contributed by atoms with E-state index >= 15 is 0 Å². The average Bonchev–Trinajstić information content (AvgIpc) is 2.94. The highest BCUT2D eigenvalue weighted by atomic mass is 35.5. The lowest BCUT2D eigenvalue weighted by molar-refractivity contribution is -0.136. The van der Waals surface area contributed by atoms with E-state index in [2.05, 4.69) is 9.99 Å².